The third kappa shape index (κ3) is 8.22. The summed E-state index contributed by atoms with van der Waals surface area (Å²) < 4.78 is 6.31. The van der Waals surface area contributed by atoms with Gasteiger partial charge < -0.3 is 19.9 Å². The zero-order valence-corrected chi connectivity index (χ0v) is 27.3. The summed E-state index contributed by atoms with van der Waals surface area (Å²) in [5.74, 6) is -0.116. The number of amides is 1. The van der Waals surface area contributed by atoms with Gasteiger partial charge in [-0.2, -0.15) is 0 Å². The van der Waals surface area contributed by atoms with E-state index in [1.165, 1.54) is 0 Å². The van der Waals surface area contributed by atoms with Crippen molar-refractivity contribution < 1.29 is 9.53 Å². The highest BCUT2D eigenvalue weighted by Gasteiger charge is 2.32. The van der Waals surface area contributed by atoms with Crippen molar-refractivity contribution in [1.29, 1.82) is 0 Å². The van der Waals surface area contributed by atoms with Crippen molar-refractivity contribution in [2.45, 2.75) is 44.6 Å². The van der Waals surface area contributed by atoms with Crippen LogP contribution in [0.3, 0.4) is 0 Å². The molecule has 0 saturated heterocycles. The maximum Gasteiger partial charge on any atom is 0.242 e. The molecule has 0 radical (unpaired) electrons. The van der Waals surface area contributed by atoms with Gasteiger partial charge in [0.25, 0.3) is 0 Å². The lowest BCUT2D eigenvalue weighted by molar-refractivity contribution is -0.125. The van der Waals surface area contributed by atoms with Crippen molar-refractivity contribution in [2.75, 3.05) is 6.67 Å². The molecule has 1 aliphatic rings. The first-order valence-electron chi connectivity index (χ1n) is 12.3. The highest BCUT2D eigenvalue weighted by atomic mass is 79.9. The molecule has 3 aromatic rings. The number of hydrogen-bond donors (Lipinski definition) is 1. The first kappa shape index (κ1) is 32.9. The predicted octanol–water partition coefficient (Wildman–Crippen LogP) is 8.76. The number of alkyl halides is 1. The molecule has 3 atom stereocenters. The molecule has 3 aromatic carbocycles. The first-order chi connectivity index (χ1) is 18.6. The van der Waals surface area contributed by atoms with Crippen LogP contribution in [0.5, 0.6) is 0 Å². The lowest BCUT2D eigenvalue weighted by Gasteiger charge is -2.33. The molecule has 5 nitrogen and oxygen atoms in total. The van der Waals surface area contributed by atoms with E-state index in [1.807, 2.05) is 72.4 Å². The monoisotopic (exact) mass is 705 g/mol. The van der Waals surface area contributed by atoms with Gasteiger partial charge in [-0.05, 0) is 66.4 Å². The molecule has 0 spiro atoms. The number of carbonyl (C=O) groups excluding carboxylic acids is 1. The fourth-order valence-electron chi connectivity index (χ4n) is 4.21. The molecule has 1 N–H and O–H groups in total. The Morgan fingerprint density at radius 3 is 2.30 bits per heavy atom. The van der Waals surface area contributed by atoms with Gasteiger partial charge in [0.15, 0.2) is 0 Å². The van der Waals surface area contributed by atoms with Gasteiger partial charge >= 0.3 is 0 Å². The molecule has 0 fully saturated rings. The minimum absolute atomic E-state index is 0. The molecule has 11 heteroatoms. The van der Waals surface area contributed by atoms with Crippen molar-refractivity contribution in [1.82, 2.24) is 15.1 Å². The zero-order valence-electron chi connectivity index (χ0n) is 21.8. The van der Waals surface area contributed by atoms with E-state index in [0.29, 0.717) is 33.3 Å². The first-order valence-corrected chi connectivity index (χ1v) is 14.3. The normalized spacial score (nSPS) is 15.0. The van der Waals surface area contributed by atoms with E-state index < -0.39 is 17.6 Å². The number of carbonyl (C=O) groups is 1. The molecular formula is C29H29BrCl5N3O2. The summed E-state index contributed by atoms with van der Waals surface area (Å²) in [7, 11) is 0. The highest BCUT2D eigenvalue weighted by Crippen LogP contribution is 2.33. The Balaban J connectivity index is 0.00000441. The van der Waals surface area contributed by atoms with E-state index in [1.54, 1.807) is 24.3 Å². The molecule has 0 bridgehead atoms. The summed E-state index contributed by atoms with van der Waals surface area (Å²) in [6, 6.07) is 17.9. The lowest BCUT2D eigenvalue weighted by atomic mass is 10.1. The third-order valence-electron chi connectivity index (χ3n) is 6.64. The average Bonchev–Trinajstić information content (AvgIpc) is 3.40. The molecule has 0 aromatic heterocycles. The average molecular weight is 709 g/mol. The van der Waals surface area contributed by atoms with Gasteiger partial charge in [-0.1, -0.05) is 88.3 Å². The Bertz CT molecular complexity index is 1320. The van der Waals surface area contributed by atoms with Crippen LogP contribution in [0.2, 0.25) is 20.1 Å². The molecular weight excluding hydrogens is 680 g/mol. The predicted molar refractivity (Wildman–Crippen MR) is 171 cm³/mol. The summed E-state index contributed by atoms with van der Waals surface area (Å²) in [6.45, 7) is 4.81. The van der Waals surface area contributed by atoms with Gasteiger partial charge in [0.2, 0.25) is 5.91 Å². The Morgan fingerprint density at radius 1 is 0.950 bits per heavy atom. The molecule has 0 saturated carbocycles. The zero-order chi connectivity index (χ0) is 28.1. The second-order valence-corrected chi connectivity index (χ2v) is 11.4. The van der Waals surface area contributed by atoms with Gasteiger partial charge in [0.1, 0.15) is 17.6 Å². The molecule has 3 unspecified atom stereocenters. The van der Waals surface area contributed by atoms with E-state index >= 15 is 0 Å². The fraction of sp³-hybridized carbons (Fsp3) is 0.276. The van der Waals surface area contributed by atoms with Crippen LogP contribution in [0.15, 0.2) is 73.1 Å². The van der Waals surface area contributed by atoms with Gasteiger partial charge in [0.05, 0.1) is 13.3 Å². The number of rotatable bonds is 10. The Labute approximate surface area is 270 Å². The van der Waals surface area contributed by atoms with Crippen LogP contribution in [0.1, 0.15) is 35.3 Å². The summed E-state index contributed by atoms with van der Waals surface area (Å²) in [5.41, 5.74) is 3.00. The number of nitrogens with one attached hydrogen (secondary N) is 1. The molecule has 0 aliphatic carbocycles. The van der Waals surface area contributed by atoms with Gasteiger partial charge in [0, 0.05) is 39.0 Å². The third-order valence-corrected chi connectivity index (χ3v) is 8.32. The van der Waals surface area contributed by atoms with E-state index in [-0.39, 0.29) is 29.5 Å². The molecule has 214 valence electrons. The number of ether oxygens (including phenoxy) is 1. The lowest BCUT2D eigenvalue weighted by Crippen LogP contribution is -2.45. The van der Waals surface area contributed by atoms with E-state index in [9.17, 15) is 4.79 Å². The summed E-state index contributed by atoms with van der Waals surface area (Å²) in [5, 5.41) is 5.31. The van der Waals surface area contributed by atoms with Crippen LogP contribution in [-0.4, -0.2) is 33.9 Å². The minimum atomic E-state index is -0.584. The minimum Gasteiger partial charge on any atom is -0.365 e. The highest BCUT2D eigenvalue weighted by molar-refractivity contribution is 8.93. The molecule has 1 aliphatic heterocycles. The second kappa shape index (κ2) is 15.0. The molecule has 1 amide bonds. The Hall–Kier alpha value is -1.64. The maximum atomic E-state index is 13.0. The topological polar surface area (TPSA) is 44.8 Å². The molecule has 4 rings (SSSR count). The second-order valence-electron chi connectivity index (χ2n) is 9.29. The van der Waals surface area contributed by atoms with E-state index in [0.717, 1.165) is 22.3 Å². The summed E-state index contributed by atoms with van der Waals surface area (Å²) in [4.78, 5) is 16.8. The summed E-state index contributed by atoms with van der Waals surface area (Å²) >= 11 is 31.8. The van der Waals surface area contributed by atoms with Crippen LogP contribution in [-0.2, 0) is 22.7 Å². The van der Waals surface area contributed by atoms with Crippen LogP contribution in [0.4, 0.5) is 0 Å². The number of nitrogens with zero attached hydrogens (tertiary/aromatic N) is 2. The maximum absolute atomic E-state index is 13.0. The van der Waals surface area contributed by atoms with Crippen LogP contribution >= 0.6 is 75.0 Å². The van der Waals surface area contributed by atoms with Crippen molar-refractivity contribution >= 4 is 80.9 Å². The molecule has 1 heterocycles. The number of benzene rings is 3. The van der Waals surface area contributed by atoms with Crippen molar-refractivity contribution in [3.63, 3.8) is 0 Å². The largest absolute Gasteiger partial charge is 0.365 e. The quantitative estimate of drug-likeness (QED) is 0.169. The van der Waals surface area contributed by atoms with Crippen molar-refractivity contribution in [2.24, 2.45) is 0 Å². The van der Waals surface area contributed by atoms with E-state index in [4.69, 9.17) is 62.7 Å². The smallest absolute Gasteiger partial charge is 0.242 e. The van der Waals surface area contributed by atoms with Gasteiger partial charge in [-0.15, -0.1) is 17.0 Å². The van der Waals surface area contributed by atoms with Crippen molar-refractivity contribution in [3.8, 4) is 0 Å². The Morgan fingerprint density at radius 2 is 1.62 bits per heavy atom. The number of hydrogen-bond acceptors (Lipinski definition) is 4. The van der Waals surface area contributed by atoms with E-state index in [2.05, 4.69) is 5.32 Å². The number of halogens is 6. The van der Waals surface area contributed by atoms with Crippen LogP contribution in [0, 0.1) is 6.92 Å². The van der Waals surface area contributed by atoms with Crippen LogP contribution < -0.4 is 5.32 Å². The van der Waals surface area contributed by atoms with Crippen molar-refractivity contribution in [3.05, 3.63) is 115 Å². The fourth-order valence-corrected chi connectivity index (χ4v) is 5.43. The van der Waals surface area contributed by atoms with Gasteiger partial charge in [-0.25, -0.2) is 0 Å². The summed E-state index contributed by atoms with van der Waals surface area (Å²) in [6.07, 6.45) is 3.20. The number of aryl methyl sites for hydroxylation is 1. The van der Waals surface area contributed by atoms with Crippen LogP contribution in [0.25, 0.3) is 0 Å². The SMILES string of the molecule is Br.Cc1cccc(Cl)c1CNC(=O)C(C)N1C=CN(C(Cl)C(OCc2ccc(Cl)cc2Cl)c2ccc(Cl)cc2)C1. The molecule has 40 heavy (non-hydrogen) atoms. The Kier molecular flexibility index (Phi) is 12.3. The van der Waals surface area contributed by atoms with Gasteiger partial charge in [-0.3, -0.25) is 4.79 Å². The standard InChI is InChI=1S/C29H28Cl5N3O2.BrH/c1-18-4-3-5-25(32)24(18)15-35-29(38)19(2)36-12-13-37(17-36)28(34)27(20-6-9-22(30)10-7-20)39-16-21-8-11-23(31)14-26(21)33;/h3-14,19,27-28H,15-17H2,1-2H3,(H,35,38);1H.